The Labute approximate surface area is 159 Å². The van der Waals surface area contributed by atoms with Crippen molar-refractivity contribution in [2.75, 3.05) is 0 Å². The Morgan fingerprint density at radius 3 is 2.11 bits per heavy atom. The van der Waals surface area contributed by atoms with Gasteiger partial charge in [0.05, 0.1) is 0 Å². The number of rotatable bonds is 4. The molecule has 0 bridgehead atoms. The lowest BCUT2D eigenvalue weighted by atomic mass is 10.0. The van der Waals surface area contributed by atoms with Crippen LogP contribution in [0.15, 0.2) is 58.6 Å². The molecule has 1 aromatic heterocycles. The number of hydrogen-bond acceptors (Lipinski definition) is 3. The first kappa shape index (κ1) is 18.5. The largest absolute Gasteiger partial charge is 0.456 e. The molecule has 138 valence electrons. The monoisotopic (exact) mass is 360 g/mol. The molecule has 0 saturated carbocycles. The zero-order valence-electron chi connectivity index (χ0n) is 15.8. The van der Waals surface area contributed by atoms with Gasteiger partial charge in [-0.15, -0.1) is 0 Å². The van der Waals surface area contributed by atoms with Crippen molar-refractivity contribution in [2.45, 2.75) is 20.8 Å². The van der Waals surface area contributed by atoms with Crippen molar-refractivity contribution >= 4 is 17.2 Å². The van der Waals surface area contributed by atoms with Gasteiger partial charge in [0.1, 0.15) is 23.2 Å². The Bertz CT molecular complexity index is 1000. The lowest BCUT2D eigenvalue weighted by molar-refractivity contribution is 0.565. The highest BCUT2D eigenvalue weighted by Gasteiger charge is 2.19. The fourth-order valence-electron chi connectivity index (χ4n) is 3.18. The van der Waals surface area contributed by atoms with E-state index < -0.39 is 0 Å². The summed E-state index contributed by atoms with van der Waals surface area (Å²) in [5.41, 5.74) is 16.7. The number of furan rings is 1. The number of nitrogens with two attached hydrogens (primary N) is 2. The Morgan fingerprint density at radius 1 is 0.889 bits per heavy atom. The molecule has 0 aliphatic heterocycles. The second-order valence-corrected chi connectivity index (χ2v) is 6.85. The summed E-state index contributed by atoms with van der Waals surface area (Å²) in [4.78, 5) is 0. The minimum atomic E-state index is 0.0473. The van der Waals surface area contributed by atoms with E-state index in [0.717, 1.165) is 39.4 Å². The molecule has 6 N–H and O–H groups in total. The lowest BCUT2D eigenvalue weighted by Crippen LogP contribution is -2.11. The molecule has 5 nitrogen and oxygen atoms in total. The first-order chi connectivity index (χ1) is 12.8. The Kier molecular flexibility index (Phi) is 4.86. The first-order valence-corrected chi connectivity index (χ1v) is 8.79. The summed E-state index contributed by atoms with van der Waals surface area (Å²) in [6.45, 7) is 6.15. The van der Waals surface area contributed by atoms with Gasteiger partial charge in [0.2, 0.25) is 0 Å². The molecule has 3 rings (SSSR count). The van der Waals surface area contributed by atoms with E-state index in [4.69, 9.17) is 26.7 Å². The SMILES string of the molecule is Cc1c(C2=CC(C)C=C(C(=N)N)C=C2)oc(-c2ccc(C(=N)N)cc2)c1C. The van der Waals surface area contributed by atoms with Crippen LogP contribution in [0.3, 0.4) is 0 Å². The summed E-state index contributed by atoms with van der Waals surface area (Å²) >= 11 is 0. The highest BCUT2D eigenvalue weighted by molar-refractivity contribution is 5.98. The second kappa shape index (κ2) is 7.11. The third-order valence-corrected chi connectivity index (χ3v) is 4.81. The van der Waals surface area contributed by atoms with E-state index in [1.165, 1.54) is 0 Å². The van der Waals surface area contributed by atoms with Gasteiger partial charge in [-0.05, 0) is 30.9 Å². The summed E-state index contributed by atoms with van der Waals surface area (Å²) in [5.74, 6) is 1.87. The van der Waals surface area contributed by atoms with E-state index in [2.05, 4.69) is 13.0 Å². The minimum absolute atomic E-state index is 0.0473. The van der Waals surface area contributed by atoms with Crippen LogP contribution in [-0.2, 0) is 0 Å². The molecule has 1 aliphatic carbocycles. The highest BCUT2D eigenvalue weighted by Crippen LogP contribution is 2.36. The van der Waals surface area contributed by atoms with Crippen molar-refractivity contribution in [3.63, 3.8) is 0 Å². The van der Waals surface area contributed by atoms with Gasteiger partial charge >= 0.3 is 0 Å². The van der Waals surface area contributed by atoms with Crippen LogP contribution in [0.2, 0.25) is 0 Å². The van der Waals surface area contributed by atoms with Crippen LogP contribution in [0.4, 0.5) is 0 Å². The first-order valence-electron chi connectivity index (χ1n) is 8.79. The third-order valence-electron chi connectivity index (χ3n) is 4.81. The minimum Gasteiger partial charge on any atom is -0.456 e. The predicted molar refractivity (Wildman–Crippen MR) is 111 cm³/mol. The van der Waals surface area contributed by atoms with E-state index in [9.17, 15) is 0 Å². The standard InChI is InChI=1S/C22H24N4O/c1-12-10-17(8-9-18(11-12)22(25)26)20-14(3)13(2)19(27-20)15-4-6-16(7-5-15)21(23)24/h4-12H,1-3H3,(H3,23,24)(H3,25,26). The molecular formula is C22H24N4O. The topological polar surface area (TPSA) is 113 Å². The fraction of sp³-hybridized carbons (Fsp3) is 0.182. The smallest absolute Gasteiger partial charge is 0.137 e. The van der Waals surface area contributed by atoms with Crippen LogP contribution in [0.5, 0.6) is 0 Å². The maximum absolute atomic E-state index is 7.67. The Balaban J connectivity index is 2.02. The molecule has 0 fully saturated rings. The second-order valence-electron chi connectivity index (χ2n) is 6.85. The van der Waals surface area contributed by atoms with Crippen molar-refractivity contribution in [1.82, 2.24) is 0 Å². The van der Waals surface area contributed by atoms with E-state index in [1.807, 2.05) is 56.3 Å². The molecule has 2 aromatic rings. The maximum atomic E-state index is 7.67. The quantitative estimate of drug-likeness (QED) is 0.481. The number of hydrogen-bond donors (Lipinski definition) is 4. The van der Waals surface area contributed by atoms with Crippen molar-refractivity contribution in [3.8, 4) is 11.3 Å². The van der Waals surface area contributed by atoms with E-state index in [-0.39, 0.29) is 17.6 Å². The zero-order chi connectivity index (χ0) is 19.7. The molecule has 0 radical (unpaired) electrons. The summed E-state index contributed by atoms with van der Waals surface area (Å²) < 4.78 is 6.26. The van der Waals surface area contributed by atoms with Crippen molar-refractivity contribution in [3.05, 3.63) is 76.6 Å². The third kappa shape index (κ3) is 3.62. The maximum Gasteiger partial charge on any atom is 0.137 e. The molecule has 27 heavy (non-hydrogen) atoms. The molecular weight excluding hydrogens is 336 g/mol. The normalized spacial score (nSPS) is 16.5. The van der Waals surface area contributed by atoms with Gasteiger partial charge in [-0.3, -0.25) is 10.8 Å². The van der Waals surface area contributed by atoms with Gasteiger partial charge < -0.3 is 15.9 Å². The summed E-state index contributed by atoms with van der Waals surface area (Å²) in [7, 11) is 0. The molecule has 0 spiro atoms. The molecule has 1 unspecified atom stereocenters. The number of benzene rings is 1. The van der Waals surface area contributed by atoms with Crippen LogP contribution in [0, 0.1) is 30.6 Å². The molecule has 1 atom stereocenters. The fourth-order valence-corrected chi connectivity index (χ4v) is 3.18. The molecule has 1 aromatic carbocycles. The summed E-state index contributed by atoms with van der Waals surface area (Å²) in [5, 5.41) is 15.2. The average Bonchev–Trinajstić information content (AvgIpc) is 2.80. The van der Waals surface area contributed by atoms with E-state index in [1.54, 1.807) is 0 Å². The average molecular weight is 360 g/mol. The van der Waals surface area contributed by atoms with Gasteiger partial charge in [0.15, 0.2) is 0 Å². The summed E-state index contributed by atoms with van der Waals surface area (Å²) in [6.07, 6.45) is 7.89. The zero-order valence-corrected chi connectivity index (χ0v) is 15.8. The van der Waals surface area contributed by atoms with Crippen molar-refractivity contribution < 1.29 is 4.42 Å². The van der Waals surface area contributed by atoms with E-state index in [0.29, 0.717) is 5.56 Å². The van der Waals surface area contributed by atoms with Crippen LogP contribution in [0.25, 0.3) is 16.9 Å². The summed E-state index contributed by atoms with van der Waals surface area (Å²) in [6, 6.07) is 7.48. The van der Waals surface area contributed by atoms with Crippen molar-refractivity contribution in [2.24, 2.45) is 17.4 Å². The molecule has 1 heterocycles. The van der Waals surface area contributed by atoms with Crippen LogP contribution in [-0.4, -0.2) is 11.7 Å². The highest BCUT2D eigenvalue weighted by atomic mass is 16.3. The van der Waals surface area contributed by atoms with Gasteiger partial charge in [0.25, 0.3) is 0 Å². The molecule has 0 amide bonds. The van der Waals surface area contributed by atoms with Crippen LogP contribution >= 0.6 is 0 Å². The Morgan fingerprint density at radius 2 is 1.52 bits per heavy atom. The number of nitrogens with one attached hydrogen (secondary N) is 2. The number of amidine groups is 2. The van der Waals surface area contributed by atoms with Crippen LogP contribution in [0.1, 0.15) is 29.4 Å². The molecule has 0 saturated heterocycles. The van der Waals surface area contributed by atoms with Gasteiger partial charge in [-0.25, -0.2) is 0 Å². The predicted octanol–water partition coefficient (Wildman–Crippen LogP) is 4.30. The molecule has 5 heteroatoms. The lowest BCUT2D eigenvalue weighted by Gasteiger charge is -2.03. The van der Waals surface area contributed by atoms with Gasteiger partial charge in [-0.2, -0.15) is 0 Å². The number of nitrogen functional groups attached to an aromatic ring is 1. The number of allylic oxidation sites excluding steroid dienone is 4. The van der Waals surface area contributed by atoms with Crippen molar-refractivity contribution in [1.29, 1.82) is 10.8 Å². The van der Waals surface area contributed by atoms with E-state index >= 15 is 0 Å². The van der Waals surface area contributed by atoms with Crippen LogP contribution < -0.4 is 11.5 Å². The van der Waals surface area contributed by atoms with Gasteiger partial charge in [0, 0.05) is 22.3 Å². The Hall–Kier alpha value is -3.34. The molecule has 1 aliphatic rings. The van der Waals surface area contributed by atoms with Gasteiger partial charge in [-0.1, -0.05) is 55.5 Å².